The van der Waals surface area contributed by atoms with Gasteiger partial charge >= 0.3 is 0 Å². The summed E-state index contributed by atoms with van der Waals surface area (Å²) < 4.78 is 0. The lowest BCUT2D eigenvalue weighted by molar-refractivity contribution is -0.118. The van der Waals surface area contributed by atoms with Crippen molar-refractivity contribution in [1.82, 2.24) is 5.32 Å². The van der Waals surface area contributed by atoms with Crippen LogP contribution < -0.4 is 5.32 Å². The summed E-state index contributed by atoms with van der Waals surface area (Å²) in [6.07, 6.45) is 5.37. The maximum absolute atomic E-state index is 10.5. The minimum absolute atomic E-state index is 0.0913. The fourth-order valence-electron chi connectivity index (χ4n) is 1.54. The average molecular weight is 169 g/mol. The third-order valence-corrected chi connectivity index (χ3v) is 2.44. The van der Waals surface area contributed by atoms with Gasteiger partial charge in [-0.05, 0) is 24.7 Å². The van der Waals surface area contributed by atoms with Gasteiger partial charge < -0.3 is 5.32 Å². The van der Waals surface area contributed by atoms with Crippen LogP contribution in [-0.4, -0.2) is 12.5 Å². The van der Waals surface area contributed by atoms with E-state index in [1.54, 1.807) is 6.92 Å². The number of carbonyl (C=O) groups is 1. The molecule has 1 aliphatic rings. The molecule has 1 amide bonds. The maximum atomic E-state index is 10.5. The fourth-order valence-corrected chi connectivity index (χ4v) is 1.54. The van der Waals surface area contributed by atoms with E-state index in [-0.39, 0.29) is 5.91 Å². The summed E-state index contributed by atoms with van der Waals surface area (Å²) in [6, 6.07) is 0. The van der Waals surface area contributed by atoms with Gasteiger partial charge in [-0.25, -0.2) is 0 Å². The molecule has 1 aliphatic carbocycles. The molecule has 2 nitrogen and oxygen atoms in total. The van der Waals surface area contributed by atoms with Gasteiger partial charge in [-0.2, -0.15) is 0 Å². The predicted octanol–water partition coefficient (Wildman–Crippen LogP) is 1.95. The Balaban J connectivity index is 1.93. The van der Waals surface area contributed by atoms with Gasteiger partial charge in [0.05, 0.1) is 0 Å². The highest BCUT2D eigenvalue weighted by molar-refractivity contribution is 5.72. The maximum Gasteiger partial charge on any atom is 0.216 e. The largest absolute Gasteiger partial charge is 0.356 e. The van der Waals surface area contributed by atoms with Crippen molar-refractivity contribution in [2.75, 3.05) is 6.54 Å². The number of nitrogens with one attached hydrogen (secondary N) is 1. The van der Waals surface area contributed by atoms with Crippen LogP contribution in [0.1, 0.15) is 39.5 Å². The Hall–Kier alpha value is -0.530. The van der Waals surface area contributed by atoms with Gasteiger partial charge in [0.15, 0.2) is 0 Å². The van der Waals surface area contributed by atoms with Crippen LogP contribution in [0.5, 0.6) is 0 Å². The molecule has 1 rings (SSSR count). The highest BCUT2D eigenvalue weighted by Crippen LogP contribution is 2.35. The molecule has 70 valence electrons. The van der Waals surface area contributed by atoms with Crippen molar-refractivity contribution in [3.63, 3.8) is 0 Å². The lowest BCUT2D eigenvalue weighted by atomic mass is 10.0. The Morgan fingerprint density at radius 2 is 2.25 bits per heavy atom. The van der Waals surface area contributed by atoms with Crippen molar-refractivity contribution >= 4 is 5.91 Å². The Morgan fingerprint density at radius 1 is 1.58 bits per heavy atom. The highest BCUT2D eigenvalue weighted by Gasteiger charge is 2.23. The lowest BCUT2D eigenvalue weighted by Gasteiger charge is -2.09. The normalized spacial score (nSPS) is 18.8. The van der Waals surface area contributed by atoms with Crippen molar-refractivity contribution in [2.24, 2.45) is 11.8 Å². The molecule has 1 saturated carbocycles. The van der Waals surface area contributed by atoms with E-state index in [0.29, 0.717) is 0 Å². The molecule has 1 atom stereocenters. The van der Waals surface area contributed by atoms with Crippen molar-refractivity contribution in [2.45, 2.75) is 39.5 Å². The molecule has 0 aromatic rings. The standard InChI is InChI=1S/C10H19NO/c1-8(7-10-3-4-10)5-6-11-9(2)12/h8,10H,3-7H2,1-2H3,(H,11,12). The number of hydrogen-bond acceptors (Lipinski definition) is 1. The Morgan fingerprint density at radius 3 is 2.75 bits per heavy atom. The van der Waals surface area contributed by atoms with Crippen LogP contribution in [0.15, 0.2) is 0 Å². The second-order valence-electron chi connectivity index (χ2n) is 4.06. The topological polar surface area (TPSA) is 29.1 Å². The quantitative estimate of drug-likeness (QED) is 0.669. The molecule has 0 bridgehead atoms. The molecule has 2 heteroatoms. The summed E-state index contributed by atoms with van der Waals surface area (Å²) in [7, 11) is 0. The summed E-state index contributed by atoms with van der Waals surface area (Å²) in [5.41, 5.74) is 0. The summed E-state index contributed by atoms with van der Waals surface area (Å²) in [5.74, 6) is 1.88. The van der Waals surface area contributed by atoms with Gasteiger partial charge in [0.25, 0.3) is 0 Å². The van der Waals surface area contributed by atoms with Crippen LogP contribution in [0.4, 0.5) is 0 Å². The Kier molecular flexibility index (Phi) is 3.57. The van der Waals surface area contributed by atoms with Crippen LogP contribution in [0.3, 0.4) is 0 Å². The number of amides is 1. The monoisotopic (exact) mass is 169 g/mol. The Bertz CT molecular complexity index is 152. The first-order valence-corrected chi connectivity index (χ1v) is 4.93. The van der Waals surface area contributed by atoms with Crippen LogP contribution >= 0.6 is 0 Å². The first kappa shape index (κ1) is 9.56. The number of carbonyl (C=O) groups excluding carboxylic acids is 1. The van der Waals surface area contributed by atoms with Crippen LogP contribution in [-0.2, 0) is 4.79 Å². The van der Waals surface area contributed by atoms with Crippen molar-refractivity contribution in [1.29, 1.82) is 0 Å². The molecule has 0 aromatic carbocycles. The lowest BCUT2D eigenvalue weighted by Crippen LogP contribution is -2.22. The van der Waals surface area contributed by atoms with E-state index in [4.69, 9.17) is 0 Å². The summed E-state index contributed by atoms with van der Waals surface area (Å²) in [5, 5.41) is 2.83. The summed E-state index contributed by atoms with van der Waals surface area (Å²) in [6.45, 7) is 4.70. The average Bonchev–Trinajstić information content (AvgIpc) is 2.70. The van der Waals surface area contributed by atoms with E-state index >= 15 is 0 Å². The second kappa shape index (κ2) is 4.48. The number of hydrogen-bond donors (Lipinski definition) is 1. The highest BCUT2D eigenvalue weighted by atomic mass is 16.1. The second-order valence-corrected chi connectivity index (χ2v) is 4.06. The van der Waals surface area contributed by atoms with Crippen molar-refractivity contribution in [3.05, 3.63) is 0 Å². The predicted molar refractivity (Wildman–Crippen MR) is 49.8 cm³/mol. The molecule has 1 fully saturated rings. The van der Waals surface area contributed by atoms with Gasteiger partial charge in [-0.15, -0.1) is 0 Å². The van der Waals surface area contributed by atoms with Gasteiger partial charge in [-0.3, -0.25) is 4.79 Å². The first-order chi connectivity index (χ1) is 5.68. The van der Waals surface area contributed by atoms with Crippen molar-refractivity contribution < 1.29 is 4.79 Å². The molecule has 0 spiro atoms. The van der Waals surface area contributed by atoms with Crippen LogP contribution in [0, 0.1) is 11.8 Å². The fraction of sp³-hybridized carbons (Fsp3) is 0.900. The van der Waals surface area contributed by atoms with Crippen LogP contribution in [0.2, 0.25) is 0 Å². The SMILES string of the molecule is CC(=O)NCCC(C)CC1CC1. The summed E-state index contributed by atoms with van der Waals surface area (Å²) >= 11 is 0. The molecule has 1 N–H and O–H groups in total. The molecule has 0 aliphatic heterocycles. The van der Waals surface area contributed by atoms with Crippen LogP contribution in [0.25, 0.3) is 0 Å². The van der Waals surface area contributed by atoms with E-state index in [1.807, 2.05) is 0 Å². The van der Waals surface area contributed by atoms with Gasteiger partial charge in [0.1, 0.15) is 0 Å². The van der Waals surface area contributed by atoms with E-state index in [9.17, 15) is 4.79 Å². The van der Waals surface area contributed by atoms with E-state index in [0.717, 1.165) is 24.8 Å². The zero-order valence-electron chi connectivity index (χ0n) is 8.10. The van der Waals surface area contributed by atoms with Gasteiger partial charge in [-0.1, -0.05) is 19.8 Å². The van der Waals surface area contributed by atoms with E-state index in [2.05, 4.69) is 12.2 Å². The first-order valence-electron chi connectivity index (χ1n) is 4.93. The van der Waals surface area contributed by atoms with Gasteiger partial charge in [0, 0.05) is 13.5 Å². The zero-order chi connectivity index (χ0) is 8.97. The third kappa shape index (κ3) is 4.37. The molecular weight excluding hydrogens is 150 g/mol. The minimum atomic E-state index is 0.0913. The number of rotatable bonds is 5. The molecule has 1 unspecified atom stereocenters. The molecule has 0 aromatic heterocycles. The van der Waals surface area contributed by atoms with E-state index < -0.39 is 0 Å². The van der Waals surface area contributed by atoms with Gasteiger partial charge in [0.2, 0.25) is 5.91 Å². The smallest absolute Gasteiger partial charge is 0.216 e. The molecular formula is C10H19NO. The minimum Gasteiger partial charge on any atom is -0.356 e. The molecule has 0 saturated heterocycles. The molecule has 0 heterocycles. The zero-order valence-corrected chi connectivity index (χ0v) is 8.10. The molecule has 12 heavy (non-hydrogen) atoms. The third-order valence-electron chi connectivity index (χ3n) is 2.44. The molecule has 0 radical (unpaired) electrons. The van der Waals surface area contributed by atoms with E-state index in [1.165, 1.54) is 19.3 Å². The Labute approximate surface area is 74.7 Å². The summed E-state index contributed by atoms with van der Waals surface area (Å²) in [4.78, 5) is 10.5. The van der Waals surface area contributed by atoms with Crippen molar-refractivity contribution in [3.8, 4) is 0 Å².